The maximum atomic E-state index is 9.41. The number of rotatable bonds is 8. The van der Waals surface area contributed by atoms with Crippen molar-refractivity contribution in [3.8, 4) is 0 Å². The Labute approximate surface area is 213 Å². The smallest absolute Gasteiger partial charge is 0.0936 e. The van der Waals surface area contributed by atoms with Crippen LogP contribution in [0.4, 0.5) is 0 Å². The molecule has 2 heterocycles. The van der Waals surface area contributed by atoms with Crippen molar-refractivity contribution in [2.24, 2.45) is 35.0 Å². The molecular weight excluding hydrogens is 444 g/mol. The molecule has 0 radical (unpaired) electrons. The number of hydrogen-bond donors (Lipinski definition) is 2. The Morgan fingerprint density at radius 2 is 2.08 bits per heavy atom. The summed E-state index contributed by atoms with van der Waals surface area (Å²) in [5.41, 5.74) is 16.3. The standard InChI is InChI=1S/C30H34N6/c1-5-20(18-35(2)3)21-8-6-9-22(12-21)27-11-7-10-26(25-17-33-36(4)19-25)28(34-27)29(32)30-13-23(14-30)24(15-30)16-31/h5-6,8-12,17-19,23-24,32H,1,13-16,31H2,2-4H3/b20-18+,32-29?/t23?,24-,30?/m0/s1. The van der Waals surface area contributed by atoms with Gasteiger partial charge in [-0.3, -0.25) is 4.68 Å². The number of fused-ring (bicyclic) bond motifs is 1. The minimum absolute atomic E-state index is 0.128. The minimum atomic E-state index is -0.128. The zero-order chi connectivity index (χ0) is 25.4. The first-order valence-corrected chi connectivity index (χ1v) is 12.5. The number of aliphatic imine (C=N–C) groups is 1. The zero-order valence-corrected chi connectivity index (χ0v) is 21.3. The predicted molar refractivity (Wildman–Crippen MR) is 148 cm³/mol. The Morgan fingerprint density at radius 3 is 2.72 bits per heavy atom. The lowest BCUT2D eigenvalue weighted by Crippen LogP contribution is -2.37. The van der Waals surface area contributed by atoms with E-state index in [0.29, 0.717) is 29.8 Å². The number of aromatic nitrogens is 2. The van der Waals surface area contributed by atoms with Crippen molar-refractivity contribution in [2.75, 3.05) is 20.6 Å². The largest absolute Gasteiger partial charge is 0.383 e. The predicted octanol–water partition coefficient (Wildman–Crippen LogP) is 4.83. The maximum absolute atomic E-state index is 9.41. The van der Waals surface area contributed by atoms with E-state index in [-0.39, 0.29) is 5.41 Å². The first kappa shape index (κ1) is 24.0. The van der Waals surface area contributed by atoms with Gasteiger partial charge < -0.3 is 16.0 Å². The molecule has 1 atom stereocenters. The van der Waals surface area contributed by atoms with Crippen LogP contribution in [0.25, 0.3) is 11.1 Å². The summed E-state index contributed by atoms with van der Waals surface area (Å²) in [6, 6.07) is 8.31. The van der Waals surface area contributed by atoms with E-state index in [1.807, 2.05) is 62.7 Å². The molecule has 1 aromatic heterocycles. The highest BCUT2D eigenvalue weighted by molar-refractivity contribution is 6.17. The van der Waals surface area contributed by atoms with Gasteiger partial charge in [0.1, 0.15) is 0 Å². The number of hydrogen-bond acceptors (Lipinski definition) is 5. The van der Waals surface area contributed by atoms with Gasteiger partial charge in [-0.2, -0.15) is 5.10 Å². The van der Waals surface area contributed by atoms with Gasteiger partial charge in [-0.15, -0.1) is 5.73 Å². The lowest BCUT2D eigenvalue weighted by Gasteiger charge is -2.39. The fourth-order valence-corrected chi connectivity index (χ4v) is 5.93. The van der Waals surface area contributed by atoms with Crippen molar-refractivity contribution in [3.63, 3.8) is 0 Å². The quantitative estimate of drug-likeness (QED) is 0.324. The molecule has 3 aliphatic carbocycles. The molecule has 3 fully saturated rings. The van der Waals surface area contributed by atoms with E-state index in [1.165, 1.54) is 0 Å². The van der Waals surface area contributed by atoms with Crippen molar-refractivity contribution in [2.45, 2.75) is 19.3 Å². The molecule has 0 spiro atoms. The molecule has 2 bridgehead atoms. The van der Waals surface area contributed by atoms with E-state index < -0.39 is 0 Å². The van der Waals surface area contributed by atoms with Gasteiger partial charge in [0, 0.05) is 61.7 Å². The van der Waals surface area contributed by atoms with Gasteiger partial charge in [-0.1, -0.05) is 30.9 Å². The van der Waals surface area contributed by atoms with Crippen LogP contribution in [0.2, 0.25) is 0 Å². The Kier molecular flexibility index (Phi) is 6.25. The molecule has 0 amide bonds. The first-order valence-electron chi connectivity index (χ1n) is 12.5. The topological polar surface area (TPSA) is 83.3 Å². The molecule has 0 unspecified atom stereocenters. The van der Waals surface area contributed by atoms with Crippen molar-refractivity contribution in [1.82, 2.24) is 14.7 Å². The summed E-state index contributed by atoms with van der Waals surface area (Å²) in [6.45, 7) is 4.69. The summed E-state index contributed by atoms with van der Waals surface area (Å²) >= 11 is 0. The highest BCUT2D eigenvalue weighted by atomic mass is 15.2. The second kappa shape index (κ2) is 9.38. The number of nitrogens with one attached hydrogen (secondary N) is 1. The summed E-state index contributed by atoms with van der Waals surface area (Å²) in [7, 11) is 5.91. The molecule has 3 saturated carbocycles. The molecular formula is C30H34N6. The van der Waals surface area contributed by atoms with Crippen molar-refractivity contribution >= 4 is 22.6 Å². The van der Waals surface area contributed by atoms with Gasteiger partial charge in [0.15, 0.2) is 0 Å². The molecule has 1 aliphatic heterocycles. The van der Waals surface area contributed by atoms with Gasteiger partial charge in [0.2, 0.25) is 0 Å². The SMILES string of the molecule is C=C/C(=C\N(C)C)c1cccc(C2=NC(C(=N)C34CC(C3)[C@H](CN)C4)=C(c3cnn(C)c3)C=C=C2)c1. The maximum Gasteiger partial charge on any atom is 0.0936 e. The third kappa shape index (κ3) is 4.23. The number of benzene rings is 1. The van der Waals surface area contributed by atoms with Gasteiger partial charge in [-0.05, 0) is 60.9 Å². The molecule has 6 nitrogen and oxygen atoms in total. The molecule has 1 aromatic carbocycles. The van der Waals surface area contributed by atoms with Crippen molar-refractivity contribution < 1.29 is 0 Å². The van der Waals surface area contributed by atoms with Gasteiger partial charge >= 0.3 is 0 Å². The van der Waals surface area contributed by atoms with E-state index in [9.17, 15) is 5.41 Å². The molecule has 6 heteroatoms. The van der Waals surface area contributed by atoms with Crippen LogP contribution in [0.5, 0.6) is 0 Å². The van der Waals surface area contributed by atoms with Crippen LogP contribution in [0.1, 0.15) is 36.0 Å². The second-order valence-corrected chi connectivity index (χ2v) is 10.5. The normalized spacial score (nSPS) is 24.9. The van der Waals surface area contributed by atoms with Gasteiger partial charge in [-0.25, -0.2) is 4.99 Å². The lowest BCUT2D eigenvalue weighted by atomic mass is 9.65. The molecule has 3 N–H and O–H groups in total. The van der Waals surface area contributed by atoms with Crippen LogP contribution in [0.3, 0.4) is 0 Å². The Balaban J connectivity index is 1.61. The first-order chi connectivity index (χ1) is 17.3. The lowest BCUT2D eigenvalue weighted by molar-refractivity contribution is 0.219. The molecule has 184 valence electrons. The van der Waals surface area contributed by atoms with E-state index >= 15 is 0 Å². The minimum Gasteiger partial charge on any atom is -0.383 e. The zero-order valence-electron chi connectivity index (χ0n) is 21.3. The monoisotopic (exact) mass is 478 g/mol. The number of nitrogens with two attached hydrogens (primary N) is 1. The third-order valence-corrected chi connectivity index (χ3v) is 7.76. The number of nitrogens with zero attached hydrogens (tertiary/aromatic N) is 4. The van der Waals surface area contributed by atoms with E-state index in [1.54, 1.807) is 4.68 Å². The van der Waals surface area contributed by atoms with E-state index in [0.717, 1.165) is 52.8 Å². The molecule has 36 heavy (non-hydrogen) atoms. The van der Waals surface area contributed by atoms with Gasteiger partial charge in [0.25, 0.3) is 0 Å². The average molecular weight is 479 g/mol. The molecule has 4 aliphatic rings. The van der Waals surface area contributed by atoms with Crippen LogP contribution in [-0.2, 0) is 7.05 Å². The van der Waals surface area contributed by atoms with E-state index in [4.69, 9.17) is 10.7 Å². The number of aryl methyl sites for hydroxylation is 1. The Hall–Kier alpha value is -3.73. The summed E-state index contributed by atoms with van der Waals surface area (Å²) in [4.78, 5) is 7.18. The highest BCUT2D eigenvalue weighted by Gasteiger charge is 2.58. The second-order valence-electron chi connectivity index (χ2n) is 10.5. The van der Waals surface area contributed by atoms with E-state index in [2.05, 4.69) is 41.8 Å². The fraction of sp³-hybridized carbons (Fsp3) is 0.333. The fourth-order valence-electron chi connectivity index (χ4n) is 5.93. The third-order valence-electron chi connectivity index (χ3n) is 7.76. The average Bonchev–Trinajstić information content (AvgIpc) is 3.50. The summed E-state index contributed by atoms with van der Waals surface area (Å²) in [5.74, 6) is 1.14. The summed E-state index contributed by atoms with van der Waals surface area (Å²) in [5, 5.41) is 13.8. The summed E-state index contributed by atoms with van der Waals surface area (Å²) < 4.78 is 1.78. The summed E-state index contributed by atoms with van der Waals surface area (Å²) in [6.07, 6.45) is 14.6. The number of allylic oxidation sites excluding steroid dienone is 5. The van der Waals surface area contributed by atoms with Crippen LogP contribution in [0.15, 0.2) is 84.1 Å². The van der Waals surface area contributed by atoms with Crippen LogP contribution >= 0.6 is 0 Å². The Morgan fingerprint density at radius 1 is 1.28 bits per heavy atom. The van der Waals surface area contributed by atoms with Gasteiger partial charge in [0.05, 0.1) is 23.3 Å². The van der Waals surface area contributed by atoms with Crippen LogP contribution in [0, 0.1) is 22.7 Å². The molecule has 6 rings (SSSR count). The van der Waals surface area contributed by atoms with Crippen molar-refractivity contribution in [1.29, 1.82) is 5.41 Å². The molecule has 2 aromatic rings. The Bertz CT molecular complexity index is 1370. The highest BCUT2D eigenvalue weighted by Crippen LogP contribution is 2.63. The van der Waals surface area contributed by atoms with Crippen molar-refractivity contribution in [3.05, 3.63) is 95.8 Å². The van der Waals surface area contributed by atoms with Crippen LogP contribution < -0.4 is 5.73 Å². The molecule has 0 saturated heterocycles. The van der Waals surface area contributed by atoms with Crippen LogP contribution in [-0.4, -0.2) is 46.7 Å².